The van der Waals surface area contributed by atoms with Gasteiger partial charge in [0.2, 0.25) is 5.91 Å². The van der Waals surface area contributed by atoms with Crippen LogP contribution in [-0.4, -0.2) is 36.9 Å². The van der Waals surface area contributed by atoms with Crippen molar-refractivity contribution in [1.82, 2.24) is 4.90 Å². The van der Waals surface area contributed by atoms with Gasteiger partial charge in [0.1, 0.15) is 6.04 Å². The zero-order valence-electron chi connectivity index (χ0n) is 9.90. The first-order chi connectivity index (χ1) is 7.93. The molecule has 1 aromatic carbocycles. The molecule has 0 spiro atoms. The van der Waals surface area contributed by atoms with Crippen molar-refractivity contribution in [3.05, 3.63) is 28.8 Å². The average Bonchev–Trinajstić information content (AvgIpc) is 2.38. The molecule has 2 rings (SSSR count). The highest BCUT2D eigenvalue weighted by molar-refractivity contribution is 6.31. The Labute approximate surface area is 105 Å². The molecule has 0 fully saturated rings. The van der Waals surface area contributed by atoms with E-state index < -0.39 is 6.04 Å². The van der Waals surface area contributed by atoms with Crippen molar-refractivity contribution in [2.45, 2.75) is 13.0 Å². The SMILES string of the molecule is CC1C(=O)N(C)c2ccc(Cl)cc2C(=O)N1C. The molecule has 4 nitrogen and oxygen atoms in total. The second-order valence-electron chi connectivity index (χ2n) is 4.15. The standard InChI is InChI=1S/C12H13ClN2O2/c1-7-11(16)15(3)10-5-4-8(13)6-9(10)12(17)14(7)2/h4-7H,1-3H3. The number of fused-ring (bicyclic) bond motifs is 1. The number of carbonyl (C=O) groups is 2. The van der Waals surface area contributed by atoms with Crippen molar-refractivity contribution in [3.8, 4) is 0 Å². The van der Waals surface area contributed by atoms with E-state index in [0.29, 0.717) is 16.3 Å². The molecule has 0 bridgehead atoms. The molecule has 0 saturated heterocycles. The fourth-order valence-corrected chi connectivity index (χ4v) is 2.07. The van der Waals surface area contributed by atoms with Gasteiger partial charge in [-0.25, -0.2) is 0 Å². The van der Waals surface area contributed by atoms with Crippen molar-refractivity contribution in [2.24, 2.45) is 0 Å². The summed E-state index contributed by atoms with van der Waals surface area (Å²) >= 11 is 5.89. The molecule has 90 valence electrons. The molecular weight excluding hydrogens is 240 g/mol. The molecule has 1 atom stereocenters. The zero-order valence-corrected chi connectivity index (χ0v) is 10.7. The zero-order chi connectivity index (χ0) is 12.7. The van der Waals surface area contributed by atoms with Gasteiger partial charge in [0, 0.05) is 19.1 Å². The quantitative estimate of drug-likeness (QED) is 0.706. The van der Waals surface area contributed by atoms with Crippen LogP contribution < -0.4 is 4.90 Å². The van der Waals surface area contributed by atoms with Gasteiger partial charge in [-0.2, -0.15) is 0 Å². The Kier molecular flexibility index (Phi) is 2.83. The van der Waals surface area contributed by atoms with Crippen LogP contribution in [0, 0.1) is 0 Å². The monoisotopic (exact) mass is 252 g/mol. The first-order valence-corrected chi connectivity index (χ1v) is 5.65. The van der Waals surface area contributed by atoms with Crippen LogP contribution in [-0.2, 0) is 4.79 Å². The Bertz CT molecular complexity index is 501. The number of likely N-dealkylation sites (N-methyl/N-ethyl adjacent to an activating group) is 2. The highest BCUT2D eigenvalue weighted by Crippen LogP contribution is 2.28. The summed E-state index contributed by atoms with van der Waals surface area (Å²) in [6.45, 7) is 1.71. The van der Waals surface area contributed by atoms with Gasteiger partial charge < -0.3 is 9.80 Å². The minimum absolute atomic E-state index is 0.109. The van der Waals surface area contributed by atoms with Gasteiger partial charge in [-0.05, 0) is 25.1 Å². The molecule has 0 N–H and O–H groups in total. The van der Waals surface area contributed by atoms with Crippen LogP contribution in [0.5, 0.6) is 0 Å². The third-order valence-corrected chi connectivity index (χ3v) is 3.37. The lowest BCUT2D eigenvalue weighted by Crippen LogP contribution is -2.43. The molecular formula is C12H13ClN2O2. The van der Waals surface area contributed by atoms with Crippen molar-refractivity contribution in [1.29, 1.82) is 0 Å². The molecule has 0 saturated carbocycles. The maximum absolute atomic E-state index is 12.2. The normalized spacial score (nSPS) is 20.4. The van der Waals surface area contributed by atoms with E-state index in [9.17, 15) is 9.59 Å². The highest BCUT2D eigenvalue weighted by atomic mass is 35.5. The number of hydrogen-bond acceptors (Lipinski definition) is 2. The molecule has 1 aliphatic rings. The number of rotatable bonds is 0. The molecule has 2 amide bonds. The minimum Gasteiger partial charge on any atom is -0.330 e. The Balaban J connectivity index is 2.65. The van der Waals surface area contributed by atoms with Crippen LogP contribution in [0.1, 0.15) is 17.3 Å². The Morgan fingerprint density at radius 2 is 1.88 bits per heavy atom. The fraction of sp³-hybridized carbons (Fsp3) is 0.333. The van der Waals surface area contributed by atoms with E-state index in [0.717, 1.165) is 0 Å². The van der Waals surface area contributed by atoms with Crippen LogP contribution in [0.2, 0.25) is 5.02 Å². The van der Waals surface area contributed by atoms with Gasteiger partial charge in [0.25, 0.3) is 5.91 Å². The molecule has 1 aliphatic heterocycles. The van der Waals surface area contributed by atoms with E-state index in [1.807, 2.05) is 0 Å². The smallest absolute Gasteiger partial charge is 0.256 e. The summed E-state index contributed by atoms with van der Waals surface area (Å²) in [7, 11) is 3.28. The third kappa shape index (κ3) is 1.78. The average molecular weight is 253 g/mol. The van der Waals surface area contributed by atoms with Crippen molar-refractivity contribution >= 4 is 29.1 Å². The number of anilines is 1. The van der Waals surface area contributed by atoms with E-state index in [-0.39, 0.29) is 11.8 Å². The molecule has 0 aromatic heterocycles. The van der Waals surface area contributed by atoms with Gasteiger partial charge in [0.15, 0.2) is 0 Å². The van der Waals surface area contributed by atoms with E-state index in [2.05, 4.69) is 0 Å². The number of halogens is 1. The van der Waals surface area contributed by atoms with Crippen LogP contribution in [0.15, 0.2) is 18.2 Å². The summed E-state index contributed by atoms with van der Waals surface area (Å²) < 4.78 is 0. The lowest BCUT2D eigenvalue weighted by Gasteiger charge is -2.22. The maximum Gasteiger partial charge on any atom is 0.256 e. The van der Waals surface area contributed by atoms with Crippen molar-refractivity contribution in [2.75, 3.05) is 19.0 Å². The highest BCUT2D eigenvalue weighted by Gasteiger charge is 2.33. The van der Waals surface area contributed by atoms with Crippen LogP contribution in [0.3, 0.4) is 0 Å². The van der Waals surface area contributed by atoms with E-state index >= 15 is 0 Å². The van der Waals surface area contributed by atoms with Gasteiger partial charge in [-0.3, -0.25) is 9.59 Å². The Morgan fingerprint density at radius 3 is 2.53 bits per heavy atom. The Morgan fingerprint density at radius 1 is 1.24 bits per heavy atom. The molecule has 0 radical (unpaired) electrons. The number of benzene rings is 1. The molecule has 17 heavy (non-hydrogen) atoms. The maximum atomic E-state index is 12.2. The van der Waals surface area contributed by atoms with E-state index in [1.54, 1.807) is 39.2 Å². The molecule has 1 heterocycles. The van der Waals surface area contributed by atoms with Gasteiger partial charge in [-0.15, -0.1) is 0 Å². The van der Waals surface area contributed by atoms with Crippen LogP contribution in [0.25, 0.3) is 0 Å². The predicted molar refractivity (Wildman–Crippen MR) is 66.4 cm³/mol. The Hall–Kier alpha value is -1.55. The van der Waals surface area contributed by atoms with Crippen molar-refractivity contribution < 1.29 is 9.59 Å². The lowest BCUT2D eigenvalue weighted by molar-refractivity contribution is -0.121. The predicted octanol–water partition coefficient (Wildman–Crippen LogP) is 1.78. The number of carbonyl (C=O) groups excluding carboxylic acids is 2. The summed E-state index contributed by atoms with van der Waals surface area (Å²) in [5.74, 6) is -0.297. The first kappa shape index (κ1) is 11.9. The largest absolute Gasteiger partial charge is 0.330 e. The second-order valence-corrected chi connectivity index (χ2v) is 4.59. The summed E-state index contributed by atoms with van der Waals surface area (Å²) in [4.78, 5) is 27.2. The van der Waals surface area contributed by atoms with E-state index in [4.69, 9.17) is 11.6 Å². The third-order valence-electron chi connectivity index (χ3n) is 3.14. The minimum atomic E-state index is -0.473. The fourth-order valence-electron chi connectivity index (χ4n) is 1.90. The van der Waals surface area contributed by atoms with Gasteiger partial charge in [0.05, 0.1) is 11.3 Å². The second kappa shape index (κ2) is 4.04. The molecule has 0 aliphatic carbocycles. The number of amides is 2. The van der Waals surface area contributed by atoms with Gasteiger partial charge >= 0.3 is 0 Å². The summed E-state index contributed by atoms with van der Waals surface area (Å²) in [6, 6.07) is 4.49. The lowest BCUT2D eigenvalue weighted by atomic mass is 10.1. The molecule has 5 heteroatoms. The first-order valence-electron chi connectivity index (χ1n) is 5.27. The summed E-state index contributed by atoms with van der Waals surface area (Å²) in [5, 5.41) is 0.487. The topological polar surface area (TPSA) is 40.6 Å². The van der Waals surface area contributed by atoms with Crippen LogP contribution >= 0.6 is 11.6 Å². The van der Waals surface area contributed by atoms with Crippen molar-refractivity contribution in [3.63, 3.8) is 0 Å². The summed E-state index contributed by atoms with van der Waals surface area (Å²) in [6.07, 6.45) is 0. The van der Waals surface area contributed by atoms with Crippen LogP contribution in [0.4, 0.5) is 5.69 Å². The molecule has 1 aromatic rings. The molecule has 1 unspecified atom stereocenters. The number of hydrogen-bond donors (Lipinski definition) is 0. The number of nitrogens with zero attached hydrogens (tertiary/aromatic N) is 2. The summed E-state index contributed by atoms with van der Waals surface area (Å²) in [5.41, 5.74) is 1.06. The van der Waals surface area contributed by atoms with Gasteiger partial charge in [-0.1, -0.05) is 11.6 Å². The van der Waals surface area contributed by atoms with E-state index in [1.165, 1.54) is 9.80 Å².